The monoisotopic (exact) mass is 317 g/mol. The van der Waals surface area contributed by atoms with Crippen LogP contribution in [0, 0.1) is 0 Å². The molecule has 0 saturated carbocycles. The first-order chi connectivity index (χ1) is 9.53. The first kappa shape index (κ1) is 15.9. The summed E-state index contributed by atoms with van der Waals surface area (Å²) in [5.41, 5.74) is 0. The molecule has 0 aromatic carbocycles. The van der Waals surface area contributed by atoms with E-state index in [0.717, 1.165) is 37.4 Å². The molecule has 5 nitrogen and oxygen atoms in total. The van der Waals surface area contributed by atoms with Gasteiger partial charge in [0.15, 0.2) is 0 Å². The summed E-state index contributed by atoms with van der Waals surface area (Å²) in [5, 5.41) is 4.92. The highest BCUT2D eigenvalue weighted by atomic mass is 32.2. The molecule has 7 heteroatoms. The van der Waals surface area contributed by atoms with Gasteiger partial charge < -0.3 is 10.2 Å². The van der Waals surface area contributed by atoms with E-state index in [4.69, 9.17) is 0 Å². The third-order valence-electron chi connectivity index (χ3n) is 3.67. The van der Waals surface area contributed by atoms with Gasteiger partial charge in [0.2, 0.25) is 10.0 Å². The summed E-state index contributed by atoms with van der Waals surface area (Å²) in [6.07, 6.45) is 2.21. The number of likely N-dealkylation sites (tertiary alicyclic amines) is 1. The van der Waals surface area contributed by atoms with Crippen LogP contribution in [0.3, 0.4) is 0 Å². The lowest BCUT2D eigenvalue weighted by Crippen LogP contribution is -2.38. The van der Waals surface area contributed by atoms with Crippen molar-refractivity contribution < 1.29 is 8.42 Å². The minimum Gasteiger partial charge on any atom is -0.312 e. The summed E-state index contributed by atoms with van der Waals surface area (Å²) >= 11 is 1.48. The Morgan fingerprint density at radius 2 is 2.30 bits per heavy atom. The van der Waals surface area contributed by atoms with Gasteiger partial charge >= 0.3 is 0 Å². The number of thiophene rings is 1. The number of nitrogens with zero attached hydrogens (tertiary/aromatic N) is 1. The molecule has 0 bridgehead atoms. The van der Waals surface area contributed by atoms with Gasteiger partial charge in [0.05, 0.1) is 4.90 Å². The van der Waals surface area contributed by atoms with Gasteiger partial charge in [-0.15, -0.1) is 11.3 Å². The summed E-state index contributed by atoms with van der Waals surface area (Å²) in [6.45, 7) is 5.19. The summed E-state index contributed by atoms with van der Waals surface area (Å²) in [6, 6.07) is 2.08. The second-order valence-corrected chi connectivity index (χ2v) is 7.92. The number of likely N-dealkylation sites (N-methyl/N-ethyl adjacent to an activating group) is 1. The van der Waals surface area contributed by atoms with Crippen LogP contribution < -0.4 is 10.0 Å². The Morgan fingerprint density at radius 1 is 1.50 bits per heavy atom. The van der Waals surface area contributed by atoms with E-state index in [1.54, 1.807) is 11.4 Å². The SMILES string of the molecule is CCNCc1cc(S(=O)(=O)NCC2CCCN2C)cs1. The molecule has 2 heterocycles. The zero-order valence-electron chi connectivity index (χ0n) is 12.1. The Hall–Kier alpha value is -0.470. The first-order valence-electron chi connectivity index (χ1n) is 7.01. The predicted molar refractivity (Wildman–Crippen MR) is 82.5 cm³/mol. The van der Waals surface area contributed by atoms with Crippen molar-refractivity contribution in [2.24, 2.45) is 0 Å². The minimum atomic E-state index is -3.37. The fourth-order valence-corrected chi connectivity index (χ4v) is 4.69. The zero-order chi connectivity index (χ0) is 14.6. The molecule has 1 unspecified atom stereocenters. The Kier molecular flexibility index (Phi) is 5.57. The average molecular weight is 317 g/mol. The van der Waals surface area contributed by atoms with E-state index in [0.29, 0.717) is 17.5 Å². The van der Waals surface area contributed by atoms with Crippen molar-refractivity contribution in [3.8, 4) is 0 Å². The molecule has 2 rings (SSSR count). The molecule has 1 aliphatic heterocycles. The number of nitrogens with one attached hydrogen (secondary N) is 2. The molecule has 1 fully saturated rings. The van der Waals surface area contributed by atoms with Crippen LogP contribution in [0.2, 0.25) is 0 Å². The van der Waals surface area contributed by atoms with Crippen molar-refractivity contribution >= 4 is 21.4 Å². The Morgan fingerprint density at radius 3 is 2.95 bits per heavy atom. The van der Waals surface area contributed by atoms with Crippen LogP contribution in [-0.2, 0) is 16.6 Å². The van der Waals surface area contributed by atoms with E-state index in [1.807, 2.05) is 14.0 Å². The Labute approximate surface area is 125 Å². The van der Waals surface area contributed by atoms with Gasteiger partial charge in [-0.25, -0.2) is 13.1 Å². The number of hydrogen-bond donors (Lipinski definition) is 2. The van der Waals surface area contributed by atoms with Crippen molar-refractivity contribution in [3.63, 3.8) is 0 Å². The normalized spacial score (nSPS) is 20.6. The number of hydrogen-bond acceptors (Lipinski definition) is 5. The van der Waals surface area contributed by atoms with Crippen molar-refractivity contribution in [2.45, 2.75) is 37.2 Å². The van der Waals surface area contributed by atoms with Crippen LogP contribution in [0.25, 0.3) is 0 Å². The van der Waals surface area contributed by atoms with E-state index >= 15 is 0 Å². The molecule has 1 atom stereocenters. The Balaban J connectivity index is 1.93. The third-order valence-corrected chi connectivity index (χ3v) is 6.16. The molecular weight excluding hydrogens is 294 g/mol. The predicted octanol–water partition coefficient (Wildman–Crippen LogP) is 1.23. The maximum Gasteiger partial charge on any atom is 0.241 e. The molecule has 0 spiro atoms. The smallest absolute Gasteiger partial charge is 0.241 e. The van der Waals surface area contributed by atoms with Crippen LogP contribution in [0.15, 0.2) is 16.3 Å². The van der Waals surface area contributed by atoms with E-state index in [1.165, 1.54) is 11.3 Å². The topological polar surface area (TPSA) is 61.4 Å². The van der Waals surface area contributed by atoms with Crippen LogP contribution in [0.5, 0.6) is 0 Å². The fourth-order valence-electron chi connectivity index (χ4n) is 2.37. The molecule has 1 aromatic rings. The summed E-state index contributed by atoms with van der Waals surface area (Å²) in [7, 11) is -1.32. The van der Waals surface area contributed by atoms with E-state index in [-0.39, 0.29) is 0 Å². The van der Waals surface area contributed by atoms with Gasteiger partial charge in [-0.2, -0.15) is 0 Å². The quantitative estimate of drug-likeness (QED) is 0.794. The van der Waals surface area contributed by atoms with Crippen molar-refractivity contribution in [3.05, 3.63) is 16.3 Å². The molecule has 1 aliphatic rings. The minimum absolute atomic E-state index is 0.324. The molecule has 0 aliphatic carbocycles. The van der Waals surface area contributed by atoms with Crippen molar-refractivity contribution in [2.75, 3.05) is 26.7 Å². The van der Waals surface area contributed by atoms with Gasteiger partial charge in [0, 0.05) is 29.4 Å². The molecule has 0 radical (unpaired) electrons. The van der Waals surface area contributed by atoms with Crippen LogP contribution in [0.1, 0.15) is 24.6 Å². The number of sulfonamides is 1. The van der Waals surface area contributed by atoms with Crippen molar-refractivity contribution in [1.29, 1.82) is 0 Å². The second kappa shape index (κ2) is 7.00. The van der Waals surface area contributed by atoms with Crippen LogP contribution in [-0.4, -0.2) is 46.0 Å². The fraction of sp³-hybridized carbons (Fsp3) is 0.692. The van der Waals surface area contributed by atoms with Gasteiger partial charge in [-0.3, -0.25) is 0 Å². The second-order valence-electron chi connectivity index (χ2n) is 5.16. The average Bonchev–Trinajstić information content (AvgIpc) is 3.03. The molecule has 1 aromatic heterocycles. The molecule has 2 N–H and O–H groups in total. The summed E-state index contributed by atoms with van der Waals surface area (Å²) in [4.78, 5) is 3.65. The molecular formula is C13H23N3O2S2. The largest absolute Gasteiger partial charge is 0.312 e. The zero-order valence-corrected chi connectivity index (χ0v) is 13.7. The highest BCUT2D eigenvalue weighted by Gasteiger charge is 2.23. The third kappa shape index (κ3) is 4.02. The van der Waals surface area contributed by atoms with Gasteiger partial charge in [0.25, 0.3) is 0 Å². The van der Waals surface area contributed by atoms with Gasteiger partial charge in [0.1, 0.15) is 0 Å². The molecule has 20 heavy (non-hydrogen) atoms. The lowest BCUT2D eigenvalue weighted by Gasteiger charge is -2.19. The number of rotatable bonds is 7. The summed E-state index contributed by atoms with van der Waals surface area (Å²) in [5.74, 6) is 0. The van der Waals surface area contributed by atoms with Crippen molar-refractivity contribution in [1.82, 2.24) is 14.9 Å². The van der Waals surface area contributed by atoms with Crippen LogP contribution >= 0.6 is 11.3 Å². The van der Waals surface area contributed by atoms with Crippen LogP contribution in [0.4, 0.5) is 0 Å². The molecule has 114 valence electrons. The highest BCUT2D eigenvalue weighted by molar-refractivity contribution is 7.89. The van der Waals surface area contributed by atoms with E-state index in [2.05, 4.69) is 14.9 Å². The maximum absolute atomic E-state index is 12.2. The maximum atomic E-state index is 12.2. The standard InChI is InChI=1S/C13H23N3O2S2/c1-3-14-9-12-7-13(10-19-12)20(17,18)15-8-11-5-4-6-16(11)2/h7,10-11,14-15H,3-6,8-9H2,1-2H3. The van der Waals surface area contributed by atoms with Gasteiger partial charge in [-0.1, -0.05) is 6.92 Å². The van der Waals surface area contributed by atoms with Gasteiger partial charge in [-0.05, 0) is 39.0 Å². The lowest BCUT2D eigenvalue weighted by atomic mass is 10.2. The highest BCUT2D eigenvalue weighted by Crippen LogP contribution is 2.20. The molecule has 1 saturated heterocycles. The van der Waals surface area contributed by atoms with E-state index < -0.39 is 10.0 Å². The van der Waals surface area contributed by atoms with E-state index in [9.17, 15) is 8.42 Å². The Bertz CT molecular complexity index is 527. The first-order valence-corrected chi connectivity index (χ1v) is 9.37. The molecule has 0 amide bonds. The lowest BCUT2D eigenvalue weighted by molar-refractivity contribution is 0.311. The summed E-state index contributed by atoms with van der Waals surface area (Å²) < 4.78 is 27.2.